The second kappa shape index (κ2) is 5.65. The minimum absolute atomic E-state index is 0.128. The summed E-state index contributed by atoms with van der Waals surface area (Å²) in [6, 6.07) is 13.8. The molecule has 2 aromatic carbocycles. The second-order valence-electron chi connectivity index (χ2n) is 5.65. The van der Waals surface area contributed by atoms with Gasteiger partial charge in [-0.2, -0.15) is 5.10 Å². The predicted molar refractivity (Wildman–Crippen MR) is 89.0 cm³/mol. The highest BCUT2D eigenvalue weighted by molar-refractivity contribution is 5.98. The number of hydrogen-bond donors (Lipinski definition) is 1. The van der Waals surface area contributed by atoms with E-state index in [0.717, 1.165) is 28.7 Å². The van der Waals surface area contributed by atoms with Crippen LogP contribution >= 0.6 is 0 Å². The molecule has 1 aliphatic carbocycles. The Morgan fingerprint density at radius 2 is 2.13 bits per heavy atom. The number of carbonyl (C=O) groups is 1. The fourth-order valence-electron chi connectivity index (χ4n) is 2.88. The van der Waals surface area contributed by atoms with Crippen LogP contribution in [0.1, 0.15) is 27.0 Å². The van der Waals surface area contributed by atoms with Gasteiger partial charge in [-0.05, 0) is 35.2 Å². The normalized spacial score (nSPS) is 12.3. The summed E-state index contributed by atoms with van der Waals surface area (Å²) in [5, 5.41) is 6.70. The Balaban J connectivity index is 1.57. The molecular formula is C19H15N3O. The molecule has 0 amide bonds. The van der Waals surface area contributed by atoms with Crippen molar-refractivity contribution in [2.24, 2.45) is 0 Å². The van der Waals surface area contributed by atoms with Gasteiger partial charge in [-0.25, -0.2) is 4.98 Å². The summed E-state index contributed by atoms with van der Waals surface area (Å²) in [5.41, 5.74) is 5.12. The van der Waals surface area contributed by atoms with E-state index in [1.807, 2.05) is 42.5 Å². The van der Waals surface area contributed by atoms with Crippen molar-refractivity contribution >= 4 is 11.9 Å². The lowest BCUT2D eigenvalue weighted by Gasteiger charge is -2.06. The molecule has 3 aromatic rings. The van der Waals surface area contributed by atoms with E-state index in [2.05, 4.69) is 27.3 Å². The van der Waals surface area contributed by atoms with Crippen molar-refractivity contribution < 1.29 is 4.79 Å². The average Bonchev–Trinajstić information content (AvgIpc) is 3.26. The van der Waals surface area contributed by atoms with Gasteiger partial charge in [-0.15, -0.1) is 0 Å². The summed E-state index contributed by atoms with van der Waals surface area (Å²) in [6.07, 6.45) is 7.02. The predicted octanol–water partition coefficient (Wildman–Crippen LogP) is 3.47. The maximum atomic E-state index is 12.6. The van der Waals surface area contributed by atoms with Crippen molar-refractivity contribution in [1.29, 1.82) is 0 Å². The number of benzene rings is 2. The van der Waals surface area contributed by atoms with Gasteiger partial charge in [0.1, 0.15) is 6.33 Å². The molecule has 1 N–H and O–H groups in total. The smallest absolute Gasteiger partial charge is 0.167 e. The molecule has 0 fully saturated rings. The molecule has 0 radical (unpaired) electrons. The lowest BCUT2D eigenvalue weighted by molar-refractivity contribution is 0.0993. The molecule has 1 aliphatic rings. The van der Waals surface area contributed by atoms with Crippen molar-refractivity contribution in [3.05, 3.63) is 77.1 Å². The number of carbonyl (C=O) groups excluding carboxylic acids is 1. The van der Waals surface area contributed by atoms with Crippen LogP contribution in [0.15, 0.2) is 54.9 Å². The number of H-pyrrole nitrogens is 1. The Hall–Kier alpha value is -3.01. The van der Waals surface area contributed by atoms with Crippen LogP contribution in [0.25, 0.3) is 17.5 Å². The van der Waals surface area contributed by atoms with Crippen LogP contribution in [0.5, 0.6) is 0 Å². The summed E-state index contributed by atoms with van der Waals surface area (Å²) in [5.74, 6) is 0.838. The van der Waals surface area contributed by atoms with Crippen LogP contribution in [0.4, 0.5) is 0 Å². The van der Waals surface area contributed by atoms with Crippen LogP contribution in [-0.4, -0.2) is 21.0 Å². The minimum Gasteiger partial charge on any atom is -0.294 e. The number of ketones is 1. The van der Waals surface area contributed by atoms with E-state index in [4.69, 9.17) is 0 Å². The standard InChI is InChI=1S/C19H15N3O/c23-18(16-8-7-14-4-2-5-15(14)11-16)10-13-3-1-6-17(9-13)19-20-12-21-22-19/h1-3,5-9,11-12H,4,10H2,(H,20,21,22). The Bertz CT molecular complexity index is 895. The largest absolute Gasteiger partial charge is 0.294 e. The highest BCUT2D eigenvalue weighted by Crippen LogP contribution is 2.22. The number of nitrogens with one attached hydrogen (secondary N) is 1. The first-order chi connectivity index (χ1) is 11.3. The van der Waals surface area contributed by atoms with Crippen LogP contribution in [0, 0.1) is 0 Å². The van der Waals surface area contributed by atoms with E-state index in [0.29, 0.717) is 12.2 Å². The van der Waals surface area contributed by atoms with E-state index >= 15 is 0 Å². The highest BCUT2D eigenvalue weighted by atomic mass is 16.1. The third-order valence-electron chi connectivity index (χ3n) is 4.08. The fraction of sp³-hybridized carbons (Fsp3) is 0.105. The number of allylic oxidation sites excluding steroid dienone is 1. The van der Waals surface area contributed by atoms with Crippen molar-refractivity contribution in [3.63, 3.8) is 0 Å². The summed E-state index contributed by atoms with van der Waals surface area (Å²) in [6.45, 7) is 0. The Morgan fingerprint density at radius 1 is 1.17 bits per heavy atom. The van der Waals surface area contributed by atoms with Crippen LogP contribution in [0.2, 0.25) is 0 Å². The maximum Gasteiger partial charge on any atom is 0.167 e. The average molecular weight is 301 g/mol. The molecule has 4 nitrogen and oxygen atoms in total. The summed E-state index contributed by atoms with van der Waals surface area (Å²) in [4.78, 5) is 16.7. The molecule has 0 atom stereocenters. The second-order valence-corrected chi connectivity index (χ2v) is 5.65. The van der Waals surface area contributed by atoms with E-state index < -0.39 is 0 Å². The number of aromatic amines is 1. The van der Waals surface area contributed by atoms with Gasteiger partial charge in [0.15, 0.2) is 11.6 Å². The Kier molecular flexibility index (Phi) is 3.35. The number of hydrogen-bond acceptors (Lipinski definition) is 3. The number of Topliss-reactive ketones (excluding diaryl/α,β-unsaturated/α-hetero) is 1. The summed E-state index contributed by atoms with van der Waals surface area (Å²) >= 11 is 0. The Labute approximate surface area is 133 Å². The number of aromatic nitrogens is 3. The monoisotopic (exact) mass is 301 g/mol. The first kappa shape index (κ1) is 13.6. The van der Waals surface area contributed by atoms with Crippen molar-refractivity contribution in [1.82, 2.24) is 15.2 Å². The lowest BCUT2D eigenvalue weighted by atomic mass is 9.98. The van der Waals surface area contributed by atoms with Gasteiger partial charge in [0.2, 0.25) is 0 Å². The van der Waals surface area contributed by atoms with E-state index in [1.54, 1.807) is 0 Å². The summed E-state index contributed by atoms with van der Waals surface area (Å²) in [7, 11) is 0. The maximum absolute atomic E-state index is 12.6. The van der Waals surface area contributed by atoms with Gasteiger partial charge in [0, 0.05) is 17.5 Å². The number of rotatable bonds is 4. The van der Waals surface area contributed by atoms with Crippen molar-refractivity contribution in [2.75, 3.05) is 0 Å². The quantitative estimate of drug-likeness (QED) is 0.751. The molecule has 1 heterocycles. The molecule has 23 heavy (non-hydrogen) atoms. The zero-order valence-electron chi connectivity index (χ0n) is 12.5. The van der Waals surface area contributed by atoms with E-state index in [1.165, 1.54) is 11.9 Å². The number of nitrogens with zero attached hydrogens (tertiary/aromatic N) is 2. The third kappa shape index (κ3) is 2.71. The SMILES string of the molecule is O=C(Cc1cccc(-c2ncn[nH]2)c1)c1ccc2c(c1)C=CC2. The lowest BCUT2D eigenvalue weighted by Crippen LogP contribution is -2.04. The minimum atomic E-state index is 0.128. The van der Waals surface area contributed by atoms with Gasteiger partial charge in [0.05, 0.1) is 0 Å². The van der Waals surface area contributed by atoms with E-state index in [9.17, 15) is 4.79 Å². The molecule has 4 rings (SSSR count). The molecule has 0 saturated carbocycles. The fourth-order valence-corrected chi connectivity index (χ4v) is 2.88. The molecule has 0 unspecified atom stereocenters. The molecule has 112 valence electrons. The summed E-state index contributed by atoms with van der Waals surface area (Å²) < 4.78 is 0. The van der Waals surface area contributed by atoms with Gasteiger partial charge in [-0.3, -0.25) is 9.89 Å². The zero-order chi connectivity index (χ0) is 15.6. The third-order valence-corrected chi connectivity index (χ3v) is 4.08. The molecule has 0 aliphatic heterocycles. The molecule has 0 spiro atoms. The van der Waals surface area contributed by atoms with Crippen molar-refractivity contribution in [3.8, 4) is 11.4 Å². The molecule has 0 bridgehead atoms. The first-order valence-corrected chi connectivity index (χ1v) is 7.57. The van der Waals surface area contributed by atoms with Gasteiger partial charge in [-0.1, -0.05) is 42.5 Å². The highest BCUT2D eigenvalue weighted by Gasteiger charge is 2.12. The number of fused-ring (bicyclic) bond motifs is 1. The van der Waals surface area contributed by atoms with Crippen LogP contribution in [0.3, 0.4) is 0 Å². The molecule has 1 aromatic heterocycles. The molecule has 4 heteroatoms. The topological polar surface area (TPSA) is 58.6 Å². The molecular weight excluding hydrogens is 286 g/mol. The van der Waals surface area contributed by atoms with Gasteiger partial charge >= 0.3 is 0 Å². The van der Waals surface area contributed by atoms with Crippen LogP contribution < -0.4 is 0 Å². The zero-order valence-corrected chi connectivity index (χ0v) is 12.5. The van der Waals surface area contributed by atoms with Gasteiger partial charge < -0.3 is 0 Å². The van der Waals surface area contributed by atoms with E-state index in [-0.39, 0.29) is 5.78 Å². The van der Waals surface area contributed by atoms with Crippen LogP contribution in [-0.2, 0) is 12.8 Å². The van der Waals surface area contributed by atoms with Crippen molar-refractivity contribution in [2.45, 2.75) is 12.8 Å². The first-order valence-electron chi connectivity index (χ1n) is 7.57. The molecule has 0 saturated heterocycles. The Morgan fingerprint density at radius 3 is 3.00 bits per heavy atom. The van der Waals surface area contributed by atoms with Gasteiger partial charge in [0.25, 0.3) is 0 Å².